The number of carbonyl (C=O) groups is 1. The fraction of sp³-hybridized carbons (Fsp3) is 0.533. The van der Waals surface area contributed by atoms with Crippen molar-refractivity contribution in [2.45, 2.75) is 40.0 Å². The number of carboxylic acids is 1. The summed E-state index contributed by atoms with van der Waals surface area (Å²) in [5, 5.41) is 19.0. The molecule has 0 spiro atoms. The molecule has 18 heavy (non-hydrogen) atoms. The molecule has 0 saturated carbocycles. The van der Waals surface area contributed by atoms with Crippen LogP contribution in [0.4, 0.5) is 0 Å². The van der Waals surface area contributed by atoms with Crippen LogP contribution in [0.25, 0.3) is 0 Å². The quantitative estimate of drug-likeness (QED) is 0.846. The molecular weight excluding hydrogens is 228 g/mol. The van der Waals surface area contributed by atoms with Gasteiger partial charge in [0.15, 0.2) is 0 Å². The number of aromatic hydroxyl groups is 1. The minimum Gasteiger partial charge on any atom is -0.508 e. The average Bonchev–Trinajstić information content (AvgIpc) is 2.34. The Hall–Kier alpha value is -1.51. The largest absolute Gasteiger partial charge is 0.508 e. The van der Waals surface area contributed by atoms with Crippen LogP contribution in [0.2, 0.25) is 0 Å². The monoisotopic (exact) mass is 248 g/mol. The lowest BCUT2D eigenvalue weighted by Crippen LogP contribution is -2.27. The Morgan fingerprint density at radius 2 is 2.06 bits per heavy atom. The zero-order valence-corrected chi connectivity index (χ0v) is 11.2. The molecule has 1 aromatic carbocycles. The summed E-state index contributed by atoms with van der Waals surface area (Å²) in [4.78, 5) is 11.1. The molecule has 0 radical (unpaired) electrons. The fourth-order valence-corrected chi connectivity index (χ4v) is 2.97. The smallest absolute Gasteiger partial charge is 0.306 e. The second-order valence-corrected chi connectivity index (χ2v) is 5.42. The van der Waals surface area contributed by atoms with E-state index in [1.807, 2.05) is 19.9 Å². The number of hydrogen-bond donors (Lipinski definition) is 2. The van der Waals surface area contributed by atoms with Crippen molar-refractivity contribution in [2.24, 2.45) is 11.8 Å². The third-order valence-corrected chi connectivity index (χ3v) is 4.36. The van der Waals surface area contributed by atoms with Crippen LogP contribution in [-0.4, -0.2) is 16.2 Å². The van der Waals surface area contributed by atoms with Crippen molar-refractivity contribution in [1.29, 1.82) is 0 Å². The minimum atomic E-state index is -0.724. The number of aliphatic carboxylic acids is 1. The highest BCUT2D eigenvalue weighted by molar-refractivity contribution is 5.70. The van der Waals surface area contributed by atoms with Crippen LogP contribution in [0.5, 0.6) is 5.75 Å². The van der Waals surface area contributed by atoms with Crippen LogP contribution in [0.15, 0.2) is 6.07 Å². The predicted molar refractivity (Wildman–Crippen MR) is 69.9 cm³/mol. The van der Waals surface area contributed by atoms with E-state index in [1.54, 1.807) is 6.92 Å². The van der Waals surface area contributed by atoms with Gasteiger partial charge in [-0.2, -0.15) is 0 Å². The molecule has 0 saturated heterocycles. The van der Waals surface area contributed by atoms with Gasteiger partial charge < -0.3 is 10.2 Å². The first-order chi connectivity index (χ1) is 8.41. The van der Waals surface area contributed by atoms with E-state index in [2.05, 4.69) is 0 Å². The highest BCUT2D eigenvalue weighted by Crippen LogP contribution is 2.37. The lowest BCUT2D eigenvalue weighted by molar-refractivity contribution is -0.143. The molecular formula is C15H20O3. The summed E-state index contributed by atoms with van der Waals surface area (Å²) in [5.41, 5.74) is 4.50. The maximum absolute atomic E-state index is 11.1. The average molecular weight is 248 g/mol. The summed E-state index contributed by atoms with van der Waals surface area (Å²) in [7, 11) is 0. The van der Waals surface area contributed by atoms with Gasteiger partial charge in [0.05, 0.1) is 5.92 Å². The highest BCUT2D eigenvalue weighted by atomic mass is 16.4. The molecule has 1 aliphatic carbocycles. The first-order valence-electron chi connectivity index (χ1n) is 6.45. The molecule has 1 aromatic rings. The normalized spacial score (nSPS) is 20.3. The fourth-order valence-electron chi connectivity index (χ4n) is 2.97. The molecule has 98 valence electrons. The van der Waals surface area contributed by atoms with E-state index in [4.69, 9.17) is 5.11 Å². The summed E-state index contributed by atoms with van der Waals surface area (Å²) >= 11 is 0. The molecule has 0 unspecified atom stereocenters. The van der Waals surface area contributed by atoms with E-state index in [0.29, 0.717) is 5.75 Å². The predicted octanol–water partition coefficient (Wildman–Crippen LogP) is 2.83. The molecule has 0 aromatic heterocycles. The molecule has 2 N–H and O–H groups in total. The zero-order valence-electron chi connectivity index (χ0n) is 11.2. The Morgan fingerprint density at radius 3 is 2.67 bits per heavy atom. The van der Waals surface area contributed by atoms with E-state index < -0.39 is 5.97 Å². The Bertz CT molecular complexity index is 491. The Morgan fingerprint density at radius 1 is 1.39 bits per heavy atom. The molecule has 3 heteroatoms. The van der Waals surface area contributed by atoms with Gasteiger partial charge in [-0.05, 0) is 67.3 Å². The molecule has 0 amide bonds. The van der Waals surface area contributed by atoms with Gasteiger partial charge >= 0.3 is 5.97 Å². The van der Waals surface area contributed by atoms with E-state index in [-0.39, 0.29) is 11.8 Å². The van der Waals surface area contributed by atoms with Crippen LogP contribution in [0.1, 0.15) is 35.6 Å². The van der Waals surface area contributed by atoms with Crippen LogP contribution >= 0.6 is 0 Å². The van der Waals surface area contributed by atoms with Crippen molar-refractivity contribution in [3.63, 3.8) is 0 Å². The SMILES string of the molecule is Cc1cc(O)c(C)c2c1CC[C@@H]([C@@H](C)C(=O)O)C2. The van der Waals surface area contributed by atoms with Crippen molar-refractivity contribution in [1.82, 2.24) is 0 Å². The van der Waals surface area contributed by atoms with Crippen molar-refractivity contribution in [2.75, 3.05) is 0 Å². The van der Waals surface area contributed by atoms with Crippen LogP contribution in [0.3, 0.4) is 0 Å². The molecule has 2 rings (SSSR count). The molecule has 0 bridgehead atoms. The number of aryl methyl sites for hydroxylation is 1. The van der Waals surface area contributed by atoms with Crippen molar-refractivity contribution in [3.05, 3.63) is 28.3 Å². The summed E-state index contributed by atoms with van der Waals surface area (Å²) < 4.78 is 0. The van der Waals surface area contributed by atoms with Crippen LogP contribution in [0, 0.1) is 25.7 Å². The number of phenolic OH excluding ortho intramolecular Hbond substituents is 1. The van der Waals surface area contributed by atoms with Crippen molar-refractivity contribution >= 4 is 5.97 Å². The third kappa shape index (κ3) is 2.09. The molecule has 0 aliphatic heterocycles. The Kier molecular flexibility index (Phi) is 3.33. The first kappa shape index (κ1) is 12.9. The van der Waals surface area contributed by atoms with E-state index in [9.17, 15) is 9.90 Å². The number of phenols is 1. The van der Waals surface area contributed by atoms with Gasteiger partial charge in [0.25, 0.3) is 0 Å². The van der Waals surface area contributed by atoms with Gasteiger partial charge in [0, 0.05) is 0 Å². The van der Waals surface area contributed by atoms with Gasteiger partial charge in [0.2, 0.25) is 0 Å². The number of rotatable bonds is 2. The van der Waals surface area contributed by atoms with Gasteiger partial charge in [0.1, 0.15) is 5.75 Å². The topological polar surface area (TPSA) is 57.5 Å². The van der Waals surface area contributed by atoms with Crippen LogP contribution in [-0.2, 0) is 17.6 Å². The Balaban J connectivity index is 2.37. The maximum Gasteiger partial charge on any atom is 0.306 e. The second-order valence-electron chi connectivity index (χ2n) is 5.42. The summed E-state index contributed by atoms with van der Waals surface area (Å²) in [6, 6.07) is 1.81. The summed E-state index contributed by atoms with van der Waals surface area (Å²) in [6.45, 7) is 5.71. The zero-order chi connectivity index (χ0) is 13.4. The molecule has 2 atom stereocenters. The molecule has 0 fully saturated rings. The number of fused-ring (bicyclic) bond motifs is 1. The maximum atomic E-state index is 11.1. The van der Waals surface area contributed by atoms with E-state index in [0.717, 1.165) is 36.0 Å². The van der Waals surface area contributed by atoms with E-state index in [1.165, 1.54) is 5.56 Å². The first-order valence-corrected chi connectivity index (χ1v) is 6.45. The third-order valence-electron chi connectivity index (χ3n) is 4.36. The molecule has 1 aliphatic rings. The highest BCUT2D eigenvalue weighted by Gasteiger charge is 2.29. The van der Waals surface area contributed by atoms with E-state index >= 15 is 0 Å². The van der Waals surface area contributed by atoms with Gasteiger partial charge in [-0.15, -0.1) is 0 Å². The lowest BCUT2D eigenvalue weighted by Gasteiger charge is -2.30. The molecule has 3 nitrogen and oxygen atoms in total. The summed E-state index contributed by atoms with van der Waals surface area (Å²) in [6.07, 6.45) is 2.61. The van der Waals surface area contributed by atoms with Gasteiger partial charge in [-0.1, -0.05) is 6.92 Å². The summed E-state index contributed by atoms with van der Waals surface area (Å²) in [5.74, 6) is -0.539. The number of carboxylic acid groups (broad SMARTS) is 1. The van der Waals surface area contributed by atoms with Gasteiger partial charge in [-0.25, -0.2) is 0 Å². The second kappa shape index (κ2) is 4.63. The molecule has 0 heterocycles. The standard InChI is InChI=1S/C15H20O3/c1-8-6-14(16)10(3)13-7-11(4-5-12(8)13)9(2)15(17)18/h6,9,11,16H,4-5,7H2,1-3H3,(H,17,18)/t9-,11-/m1/s1. The Labute approximate surface area is 107 Å². The van der Waals surface area contributed by atoms with Crippen LogP contribution < -0.4 is 0 Å². The van der Waals surface area contributed by atoms with Gasteiger partial charge in [-0.3, -0.25) is 4.79 Å². The minimum absolute atomic E-state index is 0.176. The number of hydrogen-bond acceptors (Lipinski definition) is 2. The van der Waals surface area contributed by atoms with Crippen molar-refractivity contribution in [3.8, 4) is 5.75 Å². The number of benzene rings is 1. The lowest BCUT2D eigenvalue weighted by atomic mass is 9.75. The van der Waals surface area contributed by atoms with Crippen molar-refractivity contribution < 1.29 is 15.0 Å².